The molecule has 1 unspecified atom stereocenters. The molecule has 0 aliphatic rings. The lowest BCUT2D eigenvalue weighted by Crippen LogP contribution is -2.32. The number of H-pyrrole nitrogens is 1. The average Bonchev–Trinajstić information content (AvgIpc) is 2.83. The minimum absolute atomic E-state index is 0.157. The van der Waals surface area contributed by atoms with Crippen LogP contribution >= 0.6 is 0 Å². The Labute approximate surface area is 112 Å². The third-order valence-corrected chi connectivity index (χ3v) is 3.07. The zero-order valence-corrected chi connectivity index (χ0v) is 11.3. The van der Waals surface area contributed by atoms with Gasteiger partial charge in [0, 0.05) is 18.1 Å². The maximum Gasteiger partial charge on any atom is 0.253 e. The fourth-order valence-corrected chi connectivity index (χ4v) is 2.21. The van der Waals surface area contributed by atoms with E-state index in [1.54, 1.807) is 6.07 Å². The van der Waals surface area contributed by atoms with Crippen LogP contribution in [0.2, 0.25) is 0 Å². The molecular formula is C15H20N2O2. The third-order valence-electron chi connectivity index (χ3n) is 3.07. The molecule has 0 spiro atoms. The van der Waals surface area contributed by atoms with E-state index in [1.807, 2.05) is 38.2 Å². The van der Waals surface area contributed by atoms with E-state index in [0.717, 1.165) is 10.9 Å². The number of aromatic nitrogens is 1. The number of benzene rings is 1. The summed E-state index contributed by atoms with van der Waals surface area (Å²) in [6.45, 7) is 4.38. The van der Waals surface area contributed by atoms with E-state index in [1.165, 1.54) is 0 Å². The molecule has 0 fully saturated rings. The zero-order valence-electron chi connectivity index (χ0n) is 11.3. The zero-order chi connectivity index (χ0) is 13.8. The van der Waals surface area contributed by atoms with E-state index < -0.39 is 6.10 Å². The molecule has 2 aromatic rings. The predicted molar refractivity (Wildman–Crippen MR) is 76.1 cm³/mol. The molecule has 0 aliphatic heterocycles. The van der Waals surface area contributed by atoms with E-state index >= 15 is 0 Å². The molecular weight excluding hydrogens is 240 g/mol. The van der Waals surface area contributed by atoms with Gasteiger partial charge in [0.2, 0.25) is 0 Å². The summed E-state index contributed by atoms with van der Waals surface area (Å²) in [5.74, 6) is 0.259. The minimum atomic E-state index is -0.494. The smallest absolute Gasteiger partial charge is 0.253 e. The van der Waals surface area contributed by atoms with Gasteiger partial charge in [-0.25, -0.2) is 0 Å². The summed E-state index contributed by atoms with van der Waals surface area (Å²) in [7, 11) is 0. The van der Waals surface area contributed by atoms with Gasteiger partial charge in [0.25, 0.3) is 5.91 Å². The van der Waals surface area contributed by atoms with Gasteiger partial charge >= 0.3 is 0 Å². The molecule has 4 nitrogen and oxygen atoms in total. The lowest BCUT2D eigenvalue weighted by molar-refractivity contribution is 0.0901. The first kappa shape index (κ1) is 13.6. The number of nitrogens with one attached hydrogen (secondary N) is 2. The number of hydrogen-bond donors (Lipinski definition) is 3. The number of amides is 1. The van der Waals surface area contributed by atoms with E-state index in [2.05, 4.69) is 10.3 Å². The summed E-state index contributed by atoms with van der Waals surface area (Å²) >= 11 is 0. The van der Waals surface area contributed by atoms with Gasteiger partial charge in [-0.3, -0.25) is 4.79 Å². The number of carbonyl (C=O) groups excluding carboxylic acids is 1. The normalized spacial score (nSPS) is 12.8. The van der Waals surface area contributed by atoms with Gasteiger partial charge in [-0.2, -0.15) is 0 Å². The summed E-state index contributed by atoms with van der Waals surface area (Å²) in [6, 6.07) is 7.52. The molecule has 3 N–H and O–H groups in total. The second-order valence-corrected chi connectivity index (χ2v) is 5.24. The summed E-state index contributed by atoms with van der Waals surface area (Å²) in [4.78, 5) is 15.2. The van der Waals surface area contributed by atoms with Crippen molar-refractivity contribution in [3.8, 4) is 0 Å². The summed E-state index contributed by atoms with van der Waals surface area (Å²) in [6.07, 6.45) is 2.01. The number of para-hydroxylation sites is 1. The maximum absolute atomic E-state index is 12.1. The number of carbonyl (C=O) groups is 1. The highest BCUT2D eigenvalue weighted by Gasteiger charge is 2.13. The lowest BCUT2D eigenvalue weighted by atomic mass is 10.1. The van der Waals surface area contributed by atoms with Gasteiger partial charge in [-0.15, -0.1) is 0 Å². The molecule has 0 saturated carbocycles. The molecule has 1 aromatic heterocycles. The van der Waals surface area contributed by atoms with E-state index in [4.69, 9.17) is 0 Å². The molecule has 1 amide bonds. The summed E-state index contributed by atoms with van der Waals surface area (Å²) in [5.41, 5.74) is 1.44. The molecule has 1 aromatic carbocycles. The van der Waals surface area contributed by atoms with Crippen LogP contribution in [-0.4, -0.2) is 28.6 Å². The van der Waals surface area contributed by atoms with Gasteiger partial charge in [-0.05, 0) is 24.5 Å². The Morgan fingerprint density at radius 1 is 1.37 bits per heavy atom. The number of aliphatic hydroxyl groups excluding tert-OH is 1. The van der Waals surface area contributed by atoms with Crippen LogP contribution in [0.25, 0.3) is 10.9 Å². The van der Waals surface area contributed by atoms with Crippen LogP contribution in [0.1, 0.15) is 30.6 Å². The van der Waals surface area contributed by atoms with Gasteiger partial charge in [0.05, 0.1) is 17.2 Å². The first-order valence-corrected chi connectivity index (χ1v) is 6.60. The fourth-order valence-electron chi connectivity index (χ4n) is 2.21. The molecule has 4 heteroatoms. The molecule has 1 atom stereocenters. The first-order valence-electron chi connectivity index (χ1n) is 6.60. The van der Waals surface area contributed by atoms with Crippen molar-refractivity contribution in [2.24, 2.45) is 5.92 Å². The standard InChI is InChI=1S/C15H20N2O2/c1-10(2)8-12(18)9-17-15(19)13-5-3-4-11-6-7-16-14(11)13/h3-7,10,12,16,18H,8-9H2,1-2H3,(H,17,19). The second-order valence-electron chi connectivity index (χ2n) is 5.24. The quantitative estimate of drug-likeness (QED) is 0.772. The topological polar surface area (TPSA) is 65.1 Å². The lowest BCUT2D eigenvalue weighted by Gasteiger charge is -2.14. The van der Waals surface area contributed by atoms with Crippen molar-refractivity contribution in [3.63, 3.8) is 0 Å². The number of rotatable bonds is 5. The average molecular weight is 260 g/mol. The molecule has 102 valence electrons. The second kappa shape index (κ2) is 5.89. The molecule has 0 aliphatic carbocycles. The van der Waals surface area contributed by atoms with Crippen molar-refractivity contribution in [1.29, 1.82) is 0 Å². The van der Waals surface area contributed by atoms with Crippen LogP contribution in [0.15, 0.2) is 30.5 Å². The van der Waals surface area contributed by atoms with Crippen molar-refractivity contribution in [1.82, 2.24) is 10.3 Å². The Morgan fingerprint density at radius 3 is 2.89 bits per heavy atom. The SMILES string of the molecule is CC(C)CC(O)CNC(=O)c1cccc2cc[nH]c12. The molecule has 0 radical (unpaired) electrons. The van der Waals surface area contributed by atoms with Crippen molar-refractivity contribution in [2.45, 2.75) is 26.4 Å². The molecule has 0 saturated heterocycles. The van der Waals surface area contributed by atoms with Crippen molar-refractivity contribution >= 4 is 16.8 Å². The Morgan fingerprint density at radius 2 is 2.16 bits per heavy atom. The van der Waals surface area contributed by atoms with Gasteiger partial charge < -0.3 is 15.4 Å². The van der Waals surface area contributed by atoms with Crippen LogP contribution in [0.5, 0.6) is 0 Å². The Balaban J connectivity index is 2.02. The highest BCUT2D eigenvalue weighted by Crippen LogP contribution is 2.16. The van der Waals surface area contributed by atoms with Crippen molar-refractivity contribution in [3.05, 3.63) is 36.0 Å². The number of aromatic amines is 1. The fraction of sp³-hybridized carbons (Fsp3) is 0.400. The number of aliphatic hydroxyl groups is 1. The predicted octanol–water partition coefficient (Wildman–Crippen LogP) is 2.30. The molecule has 19 heavy (non-hydrogen) atoms. The van der Waals surface area contributed by atoms with Crippen LogP contribution in [0.3, 0.4) is 0 Å². The molecule has 1 heterocycles. The largest absolute Gasteiger partial charge is 0.391 e. The molecule has 0 bridgehead atoms. The monoisotopic (exact) mass is 260 g/mol. The van der Waals surface area contributed by atoms with E-state index in [-0.39, 0.29) is 12.5 Å². The summed E-state index contributed by atoms with van der Waals surface area (Å²) in [5, 5.41) is 13.6. The van der Waals surface area contributed by atoms with Gasteiger partial charge in [0.15, 0.2) is 0 Å². The Hall–Kier alpha value is -1.81. The van der Waals surface area contributed by atoms with Crippen molar-refractivity contribution < 1.29 is 9.90 Å². The number of fused-ring (bicyclic) bond motifs is 1. The first-order chi connectivity index (χ1) is 9.08. The van der Waals surface area contributed by atoms with Crippen LogP contribution in [-0.2, 0) is 0 Å². The van der Waals surface area contributed by atoms with E-state index in [0.29, 0.717) is 17.9 Å². The minimum Gasteiger partial charge on any atom is -0.391 e. The highest BCUT2D eigenvalue weighted by atomic mass is 16.3. The molecule has 2 rings (SSSR count). The Bertz CT molecular complexity index is 560. The Kier molecular flexibility index (Phi) is 4.22. The van der Waals surface area contributed by atoms with Gasteiger partial charge in [0.1, 0.15) is 0 Å². The van der Waals surface area contributed by atoms with Crippen LogP contribution in [0, 0.1) is 5.92 Å². The third kappa shape index (κ3) is 3.35. The maximum atomic E-state index is 12.1. The van der Waals surface area contributed by atoms with Crippen molar-refractivity contribution in [2.75, 3.05) is 6.54 Å². The van der Waals surface area contributed by atoms with E-state index in [9.17, 15) is 9.90 Å². The highest BCUT2D eigenvalue weighted by molar-refractivity contribution is 6.05. The summed E-state index contributed by atoms with van der Waals surface area (Å²) < 4.78 is 0. The number of hydrogen-bond acceptors (Lipinski definition) is 2. The van der Waals surface area contributed by atoms with Crippen LogP contribution in [0.4, 0.5) is 0 Å². The van der Waals surface area contributed by atoms with Gasteiger partial charge in [-0.1, -0.05) is 26.0 Å². The van der Waals surface area contributed by atoms with Crippen LogP contribution < -0.4 is 5.32 Å².